The molecule has 0 aliphatic rings. The van der Waals surface area contributed by atoms with Crippen molar-refractivity contribution in [3.8, 4) is 5.69 Å². The van der Waals surface area contributed by atoms with Crippen LogP contribution in [0.2, 0.25) is 0 Å². The SMILES string of the molecule is CCc1nc(NC(=O)c2ccc(N=[N+]=N)cc2)c(C(=O)OC(C)(C)C)n1-c1ccc(F)cc1. The van der Waals surface area contributed by atoms with Gasteiger partial charge >= 0.3 is 5.97 Å². The Bertz CT molecular complexity index is 1220. The van der Waals surface area contributed by atoms with Crippen molar-refractivity contribution in [3.63, 3.8) is 0 Å². The summed E-state index contributed by atoms with van der Waals surface area (Å²) in [5.41, 5.74) is 7.24. The molecule has 0 spiro atoms. The fourth-order valence-corrected chi connectivity index (χ4v) is 3.09. The highest BCUT2D eigenvalue weighted by atomic mass is 19.1. The maximum Gasteiger partial charge on any atom is 0.359 e. The second kappa shape index (κ2) is 9.54. The lowest BCUT2D eigenvalue weighted by atomic mass is 10.2. The number of anilines is 1. The van der Waals surface area contributed by atoms with E-state index in [4.69, 9.17) is 10.3 Å². The van der Waals surface area contributed by atoms with Crippen LogP contribution >= 0.6 is 0 Å². The molecule has 0 aliphatic heterocycles. The monoisotopic (exact) mass is 451 g/mol. The standard InChI is InChI=1S/C23H23FN6O3/c1-5-18-26-20(27-21(31)14-6-10-16(11-7-14)28-29-25)19(22(32)33-23(2,3)4)30(18)17-12-8-15(24)9-13-17/h6-13H,5H2,1-4H3,(H-,25,27,28,31,32)/p+1. The van der Waals surface area contributed by atoms with Gasteiger partial charge in [-0.05, 0) is 69.3 Å². The average Bonchev–Trinajstić information content (AvgIpc) is 3.12. The molecule has 3 rings (SSSR count). The van der Waals surface area contributed by atoms with E-state index in [0.29, 0.717) is 29.2 Å². The lowest BCUT2D eigenvalue weighted by Crippen LogP contribution is -2.26. The number of nitrogens with one attached hydrogen (secondary N) is 2. The van der Waals surface area contributed by atoms with Crippen molar-refractivity contribution in [2.24, 2.45) is 5.11 Å². The van der Waals surface area contributed by atoms with Crippen molar-refractivity contribution in [1.29, 1.82) is 5.53 Å². The number of benzene rings is 2. The van der Waals surface area contributed by atoms with Gasteiger partial charge in [-0.1, -0.05) is 6.92 Å². The minimum Gasteiger partial charge on any atom is -0.455 e. The largest absolute Gasteiger partial charge is 0.455 e. The molecule has 170 valence electrons. The minimum absolute atomic E-state index is 0.0290. The fraction of sp³-hybridized carbons (Fsp3) is 0.261. The first-order valence-electron chi connectivity index (χ1n) is 10.2. The summed E-state index contributed by atoms with van der Waals surface area (Å²) in [5.74, 6) is -1.08. The number of hydrogen-bond donors (Lipinski definition) is 2. The Morgan fingerprint density at radius 1 is 1.15 bits per heavy atom. The molecule has 10 heteroatoms. The number of amides is 1. The molecule has 0 fully saturated rings. The number of hydrogen-bond acceptors (Lipinski definition) is 6. The summed E-state index contributed by atoms with van der Waals surface area (Å²) in [7, 11) is 0. The topological polar surface area (TPSA) is 124 Å². The van der Waals surface area contributed by atoms with Crippen molar-refractivity contribution in [3.05, 3.63) is 71.4 Å². The highest BCUT2D eigenvalue weighted by Gasteiger charge is 2.29. The molecule has 1 heterocycles. The van der Waals surface area contributed by atoms with Crippen molar-refractivity contribution in [2.45, 2.75) is 39.7 Å². The predicted molar refractivity (Wildman–Crippen MR) is 119 cm³/mol. The zero-order valence-corrected chi connectivity index (χ0v) is 18.7. The van der Waals surface area contributed by atoms with Gasteiger partial charge in [0.25, 0.3) is 5.91 Å². The van der Waals surface area contributed by atoms with Gasteiger partial charge in [0.2, 0.25) is 4.91 Å². The van der Waals surface area contributed by atoms with E-state index in [0.717, 1.165) is 0 Å². The number of carbonyl (C=O) groups excluding carboxylic acids is 2. The van der Waals surface area contributed by atoms with E-state index in [1.54, 1.807) is 25.3 Å². The van der Waals surface area contributed by atoms with Crippen LogP contribution in [0.1, 0.15) is 54.4 Å². The van der Waals surface area contributed by atoms with Crippen molar-refractivity contribution in [1.82, 2.24) is 14.5 Å². The highest BCUT2D eigenvalue weighted by Crippen LogP contribution is 2.26. The Labute approximate surface area is 189 Å². The van der Waals surface area contributed by atoms with E-state index >= 15 is 0 Å². The Hall–Kier alpha value is -4.17. The van der Waals surface area contributed by atoms with Gasteiger partial charge in [-0.25, -0.2) is 14.2 Å². The first-order chi connectivity index (χ1) is 15.6. The van der Waals surface area contributed by atoms with Crippen molar-refractivity contribution in [2.75, 3.05) is 5.32 Å². The second-order valence-corrected chi connectivity index (χ2v) is 8.09. The number of halogens is 1. The fourth-order valence-electron chi connectivity index (χ4n) is 3.09. The number of imidazole rings is 1. The second-order valence-electron chi connectivity index (χ2n) is 8.09. The van der Waals surface area contributed by atoms with E-state index in [1.807, 2.05) is 6.92 Å². The number of aryl methyl sites for hydroxylation is 1. The molecule has 0 unspecified atom stereocenters. The molecule has 33 heavy (non-hydrogen) atoms. The molecule has 0 bridgehead atoms. The van der Waals surface area contributed by atoms with E-state index in [-0.39, 0.29) is 11.5 Å². The summed E-state index contributed by atoms with van der Waals surface area (Å²) in [6.45, 7) is 7.06. The number of aromatic nitrogens is 2. The van der Waals surface area contributed by atoms with Gasteiger partial charge in [-0.3, -0.25) is 9.36 Å². The van der Waals surface area contributed by atoms with Crippen molar-refractivity contribution < 1.29 is 18.7 Å². The summed E-state index contributed by atoms with van der Waals surface area (Å²) in [5, 5.41) is 6.27. The van der Waals surface area contributed by atoms with E-state index in [2.05, 4.69) is 20.3 Å². The Balaban J connectivity index is 2.07. The molecule has 0 aliphatic carbocycles. The summed E-state index contributed by atoms with van der Waals surface area (Å²) in [4.78, 5) is 33.5. The smallest absolute Gasteiger partial charge is 0.359 e. The van der Waals surface area contributed by atoms with Crippen LogP contribution in [0.3, 0.4) is 0 Å². The molecule has 3 aromatic rings. The summed E-state index contributed by atoms with van der Waals surface area (Å²) in [6.07, 6.45) is 0.440. The van der Waals surface area contributed by atoms with Crippen LogP contribution in [0.5, 0.6) is 0 Å². The number of ether oxygens (including phenoxy) is 1. The number of nitrogens with zero attached hydrogens (tertiary/aromatic N) is 4. The van der Waals surface area contributed by atoms with Gasteiger partial charge in [0.15, 0.2) is 22.3 Å². The maximum atomic E-state index is 13.5. The molecule has 0 radical (unpaired) electrons. The zero-order chi connectivity index (χ0) is 24.2. The molecular weight excluding hydrogens is 427 g/mol. The normalized spacial score (nSPS) is 10.9. The van der Waals surface area contributed by atoms with E-state index < -0.39 is 23.3 Å². The van der Waals surface area contributed by atoms with Gasteiger partial charge in [-0.2, -0.15) is 0 Å². The van der Waals surface area contributed by atoms with Gasteiger partial charge in [0.1, 0.15) is 22.8 Å². The van der Waals surface area contributed by atoms with Crippen LogP contribution in [0.4, 0.5) is 15.9 Å². The third-order valence-corrected chi connectivity index (χ3v) is 4.47. The molecule has 0 saturated carbocycles. The van der Waals surface area contributed by atoms with Crippen LogP contribution in [0.15, 0.2) is 53.6 Å². The zero-order valence-electron chi connectivity index (χ0n) is 18.7. The first-order valence-corrected chi connectivity index (χ1v) is 10.2. The van der Waals surface area contributed by atoms with E-state index in [1.165, 1.54) is 48.5 Å². The summed E-state index contributed by atoms with van der Waals surface area (Å²) in [6, 6.07) is 11.7. The van der Waals surface area contributed by atoms with Crippen LogP contribution < -0.4 is 10.2 Å². The summed E-state index contributed by atoms with van der Waals surface area (Å²) >= 11 is 0. The lowest BCUT2D eigenvalue weighted by Gasteiger charge is -2.21. The van der Waals surface area contributed by atoms with Crippen LogP contribution in [0.25, 0.3) is 5.69 Å². The number of esters is 1. The van der Waals surface area contributed by atoms with Crippen molar-refractivity contribution >= 4 is 23.4 Å². The third kappa shape index (κ3) is 5.55. The minimum atomic E-state index is -0.787. The predicted octanol–water partition coefficient (Wildman–Crippen LogP) is 4.96. The van der Waals surface area contributed by atoms with Gasteiger partial charge in [-0.15, -0.1) is 0 Å². The molecular formula is C23H24FN6O3+. The third-order valence-electron chi connectivity index (χ3n) is 4.47. The molecule has 2 aromatic carbocycles. The summed E-state index contributed by atoms with van der Waals surface area (Å²) < 4.78 is 20.6. The molecule has 1 amide bonds. The Morgan fingerprint density at radius 2 is 1.79 bits per heavy atom. The van der Waals surface area contributed by atoms with Crippen LogP contribution in [-0.2, 0) is 11.2 Å². The number of rotatable bonds is 6. The van der Waals surface area contributed by atoms with Crippen LogP contribution in [-0.4, -0.2) is 27.0 Å². The maximum absolute atomic E-state index is 13.5. The molecule has 9 nitrogen and oxygen atoms in total. The highest BCUT2D eigenvalue weighted by molar-refractivity contribution is 6.07. The molecule has 0 saturated heterocycles. The molecule has 2 N–H and O–H groups in total. The Kier molecular flexibility index (Phi) is 6.79. The number of carbonyl (C=O) groups is 2. The molecule has 1 aromatic heterocycles. The lowest BCUT2D eigenvalue weighted by molar-refractivity contribution is 0.00615. The van der Waals surface area contributed by atoms with Crippen LogP contribution in [0, 0.1) is 11.3 Å². The van der Waals surface area contributed by atoms with E-state index in [9.17, 15) is 14.0 Å². The average molecular weight is 451 g/mol. The molecule has 0 atom stereocenters. The van der Waals surface area contributed by atoms with Gasteiger partial charge in [0.05, 0.1) is 0 Å². The quantitative estimate of drug-likeness (QED) is 0.312. The van der Waals surface area contributed by atoms with Gasteiger partial charge < -0.3 is 10.1 Å². The first kappa shape index (κ1) is 23.5. The van der Waals surface area contributed by atoms with Gasteiger partial charge in [0, 0.05) is 17.7 Å². The Morgan fingerprint density at radius 3 is 2.33 bits per heavy atom.